The lowest BCUT2D eigenvalue weighted by Gasteiger charge is -2.31. The molecule has 3 rings (SSSR count). The summed E-state index contributed by atoms with van der Waals surface area (Å²) in [6.45, 7) is 3.39. The largest absolute Gasteiger partial charge is 0.377 e. The molecule has 2 fully saturated rings. The molecule has 1 aromatic rings. The maximum Gasteiger partial charge on any atom is 0.0702 e. The van der Waals surface area contributed by atoms with Crippen LogP contribution in [0.3, 0.4) is 0 Å². The Kier molecular flexibility index (Phi) is 4.52. The molecule has 0 amide bonds. The molecule has 2 unspecified atom stereocenters. The van der Waals surface area contributed by atoms with Crippen molar-refractivity contribution in [1.29, 1.82) is 0 Å². The topological polar surface area (TPSA) is 12.5 Å². The van der Waals surface area contributed by atoms with Gasteiger partial charge in [-0.2, -0.15) is 0 Å². The van der Waals surface area contributed by atoms with Gasteiger partial charge < -0.3 is 4.74 Å². The SMILES string of the molecule is c1ccc(CC2CCCN2CC2CCCCO2)cc1. The fraction of sp³-hybridized carbons (Fsp3) is 0.647. The van der Waals surface area contributed by atoms with Crippen LogP contribution in [0.2, 0.25) is 0 Å². The van der Waals surface area contributed by atoms with Crippen LogP contribution in [-0.2, 0) is 11.2 Å². The number of nitrogens with zero attached hydrogens (tertiary/aromatic N) is 1. The lowest BCUT2D eigenvalue weighted by molar-refractivity contribution is -0.00785. The van der Waals surface area contributed by atoms with E-state index >= 15 is 0 Å². The van der Waals surface area contributed by atoms with Crippen molar-refractivity contribution in [3.63, 3.8) is 0 Å². The van der Waals surface area contributed by atoms with Crippen LogP contribution in [0, 0.1) is 0 Å². The Morgan fingerprint density at radius 1 is 1.05 bits per heavy atom. The Hall–Kier alpha value is -0.860. The van der Waals surface area contributed by atoms with Crippen molar-refractivity contribution in [3.8, 4) is 0 Å². The van der Waals surface area contributed by atoms with Crippen molar-refractivity contribution in [2.75, 3.05) is 19.7 Å². The minimum Gasteiger partial charge on any atom is -0.377 e. The van der Waals surface area contributed by atoms with Crippen molar-refractivity contribution in [2.45, 2.75) is 50.7 Å². The fourth-order valence-corrected chi connectivity index (χ4v) is 3.47. The molecule has 0 N–H and O–H groups in total. The molecule has 104 valence electrons. The zero-order valence-electron chi connectivity index (χ0n) is 11.8. The monoisotopic (exact) mass is 259 g/mol. The first-order valence-corrected chi connectivity index (χ1v) is 7.81. The highest BCUT2D eigenvalue weighted by Crippen LogP contribution is 2.23. The van der Waals surface area contributed by atoms with Crippen molar-refractivity contribution < 1.29 is 4.74 Å². The summed E-state index contributed by atoms with van der Waals surface area (Å²) in [5, 5.41) is 0. The van der Waals surface area contributed by atoms with Crippen molar-refractivity contribution in [1.82, 2.24) is 4.90 Å². The normalized spacial score (nSPS) is 28.6. The zero-order chi connectivity index (χ0) is 12.9. The van der Waals surface area contributed by atoms with Crippen LogP contribution in [0.5, 0.6) is 0 Å². The second-order valence-electron chi connectivity index (χ2n) is 5.97. The van der Waals surface area contributed by atoms with E-state index < -0.39 is 0 Å². The molecule has 2 aliphatic rings. The average molecular weight is 259 g/mol. The van der Waals surface area contributed by atoms with Crippen LogP contribution in [0.15, 0.2) is 30.3 Å². The molecule has 0 radical (unpaired) electrons. The van der Waals surface area contributed by atoms with E-state index in [1.807, 2.05) is 0 Å². The van der Waals surface area contributed by atoms with Crippen molar-refractivity contribution >= 4 is 0 Å². The van der Waals surface area contributed by atoms with Gasteiger partial charge in [0, 0.05) is 19.2 Å². The van der Waals surface area contributed by atoms with E-state index in [0.29, 0.717) is 6.10 Å². The van der Waals surface area contributed by atoms with Crippen LogP contribution in [0.4, 0.5) is 0 Å². The first-order chi connectivity index (χ1) is 9.42. The molecule has 2 heterocycles. The second-order valence-corrected chi connectivity index (χ2v) is 5.97. The average Bonchev–Trinajstić information content (AvgIpc) is 2.88. The molecule has 1 aromatic carbocycles. The summed E-state index contributed by atoms with van der Waals surface area (Å²) in [5.74, 6) is 0. The van der Waals surface area contributed by atoms with Gasteiger partial charge >= 0.3 is 0 Å². The highest BCUT2D eigenvalue weighted by molar-refractivity contribution is 5.16. The Morgan fingerprint density at radius 3 is 2.74 bits per heavy atom. The number of hydrogen-bond acceptors (Lipinski definition) is 2. The molecule has 19 heavy (non-hydrogen) atoms. The summed E-state index contributed by atoms with van der Waals surface area (Å²) < 4.78 is 5.90. The Balaban J connectivity index is 1.55. The molecule has 2 aliphatic heterocycles. The predicted octanol–water partition coefficient (Wildman–Crippen LogP) is 3.26. The van der Waals surface area contributed by atoms with E-state index in [1.165, 1.54) is 50.6 Å². The number of benzene rings is 1. The maximum absolute atomic E-state index is 5.90. The van der Waals surface area contributed by atoms with Gasteiger partial charge in [0.2, 0.25) is 0 Å². The molecule has 0 bridgehead atoms. The van der Waals surface area contributed by atoms with Gasteiger partial charge in [-0.1, -0.05) is 30.3 Å². The van der Waals surface area contributed by atoms with Gasteiger partial charge in [0.05, 0.1) is 6.10 Å². The highest BCUT2D eigenvalue weighted by atomic mass is 16.5. The summed E-state index contributed by atoms with van der Waals surface area (Å²) in [5.41, 5.74) is 1.48. The molecule has 2 saturated heterocycles. The van der Waals surface area contributed by atoms with Gasteiger partial charge in [0.15, 0.2) is 0 Å². The smallest absolute Gasteiger partial charge is 0.0702 e. The van der Waals surface area contributed by atoms with Crippen LogP contribution in [0.25, 0.3) is 0 Å². The van der Waals surface area contributed by atoms with Crippen molar-refractivity contribution in [2.24, 2.45) is 0 Å². The fourth-order valence-electron chi connectivity index (χ4n) is 3.47. The molecule has 0 spiro atoms. The highest BCUT2D eigenvalue weighted by Gasteiger charge is 2.27. The number of likely N-dealkylation sites (tertiary alicyclic amines) is 1. The van der Waals surface area contributed by atoms with Gasteiger partial charge in [-0.3, -0.25) is 4.90 Å². The Morgan fingerprint density at radius 2 is 1.95 bits per heavy atom. The van der Waals surface area contributed by atoms with Gasteiger partial charge in [0.1, 0.15) is 0 Å². The molecular weight excluding hydrogens is 234 g/mol. The summed E-state index contributed by atoms with van der Waals surface area (Å²) in [6.07, 6.45) is 8.25. The predicted molar refractivity (Wildman–Crippen MR) is 78.3 cm³/mol. The van der Waals surface area contributed by atoms with Crippen LogP contribution >= 0.6 is 0 Å². The molecule has 2 atom stereocenters. The molecule has 0 aromatic heterocycles. The third kappa shape index (κ3) is 3.58. The lowest BCUT2D eigenvalue weighted by Crippen LogP contribution is -2.39. The summed E-state index contributed by atoms with van der Waals surface area (Å²) in [6, 6.07) is 11.7. The van der Waals surface area contributed by atoms with Gasteiger partial charge in [0.25, 0.3) is 0 Å². The van der Waals surface area contributed by atoms with Gasteiger partial charge in [-0.25, -0.2) is 0 Å². The van der Waals surface area contributed by atoms with Gasteiger partial charge in [-0.05, 0) is 50.6 Å². The van der Waals surface area contributed by atoms with E-state index in [0.717, 1.165) is 19.2 Å². The van der Waals surface area contributed by atoms with Gasteiger partial charge in [-0.15, -0.1) is 0 Å². The minimum atomic E-state index is 0.491. The summed E-state index contributed by atoms with van der Waals surface area (Å²) >= 11 is 0. The zero-order valence-corrected chi connectivity index (χ0v) is 11.8. The number of rotatable bonds is 4. The molecule has 2 nitrogen and oxygen atoms in total. The number of hydrogen-bond donors (Lipinski definition) is 0. The quantitative estimate of drug-likeness (QED) is 0.823. The first-order valence-electron chi connectivity index (χ1n) is 7.81. The molecule has 0 aliphatic carbocycles. The van der Waals surface area contributed by atoms with E-state index in [4.69, 9.17) is 4.74 Å². The van der Waals surface area contributed by atoms with Crippen LogP contribution in [-0.4, -0.2) is 36.7 Å². The van der Waals surface area contributed by atoms with Crippen LogP contribution < -0.4 is 0 Å². The summed E-state index contributed by atoms with van der Waals surface area (Å²) in [7, 11) is 0. The van der Waals surface area contributed by atoms with Crippen LogP contribution in [0.1, 0.15) is 37.7 Å². The third-order valence-electron chi connectivity index (χ3n) is 4.53. The minimum absolute atomic E-state index is 0.491. The second kappa shape index (κ2) is 6.53. The van der Waals surface area contributed by atoms with E-state index in [9.17, 15) is 0 Å². The molecule has 2 heteroatoms. The molecule has 0 saturated carbocycles. The third-order valence-corrected chi connectivity index (χ3v) is 4.53. The van der Waals surface area contributed by atoms with E-state index in [1.54, 1.807) is 0 Å². The molecular formula is C17H25NO. The van der Waals surface area contributed by atoms with E-state index in [-0.39, 0.29) is 0 Å². The Labute approximate surface area is 116 Å². The first kappa shape index (κ1) is 13.1. The van der Waals surface area contributed by atoms with E-state index in [2.05, 4.69) is 35.2 Å². The van der Waals surface area contributed by atoms with Crippen molar-refractivity contribution in [3.05, 3.63) is 35.9 Å². The number of ether oxygens (including phenoxy) is 1. The summed E-state index contributed by atoms with van der Waals surface area (Å²) in [4.78, 5) is 2.67. The maximum atomic E-state index is 5.90. The Bertz CT molecular complexity index is 372. The lowest BCUT2D eigenvalue weighted by atomic mass is 10.0. The standard InChI is InChI=1S/C17H25NO/c1-2-7-15(8-3-1)13-16-9-6-11-18(16)14-17-10-4-5-12-19-17/h1-3,7-8,16-17H,4-6,9-14H2.